The van der Waals surface area contributed by atoms with Gasteiger partial charge in [0.1, 0.15) is 24.7 Å². The third-order valence-corrected chi connectivity index (χ3v) is 5.60. The molecule has 2 aromatic rings. The lowest BCUT2D eigenvalue weighted by atomic mass is 10.4. The van der Waals surface area contributed by atoms with Crippen LogP contribution in [0, 0.1) is 0 Å². The maximum atomic E-state index is 12.1. The summed E-state index contributed by atoms with van der Waals surface area (Å²) in [6.07, 6.45) is 0. The Morgan fingerprint density at radius 2 is 0.806 bits per heavy atom. The fraction of sp³-hybridized carbons (Fsp3) is 0.583. The number of hydrogen-bond donors (Lipinski definition) is 0. The van der Waals surface area contributed by atoms with E-state index < -0.39 is 11.9 Å². The molecule has 12 heteroatoms. The molecule has 0 N–H and O–H groups in total. The lowest BCUT2D eigenvalue weighted by molar-refractivity contribution is -0.0184. The van der Waals surface area contributed by atoms with Crippen molar-refractivity contribution in [2.45, 2.75) is 11.5 Å². The Hall–Kier alpha value is -2.35. The molecule has 0 atom stereocenters. The summed E-state index contributed by atoms with van der Waals surface area (Å²) < 4.78 is 48.4. The predicted molar refractivity (Wildman–Crippen MR) is 127 cm³/mol. The van der Waals surface area contributed by atoms with Gasteiger partial charge in [0.15, 0.2) is 0 Å². The number of cyclic esters (lactones) is 2. The number of hydrogen-bond acceptors (Lipinski definition) is 12. The normalized spacial score (nSPS) is 19.7. The average Bonchev–Trinajstić information content (AvgIpc) is 3.55. The maximum absolute atomic E-state index is 12.1. The van der Waals surface area contributed by atoms with Gasteiger partial charge in [0.05, 0.1) is 77.6 Å². The van der Waals surface area contributed by atoms with E-state index in [1.807, 2.05) is 0 Å². The van der Waals surface area contributed by atoms with E-state index in [0.29, 0.717) is 75.9 Å². The molecule has 1 aliphatic heterocycles. The minimum atomic E-state index is -0.550. The van der Waals surface area contributed by atoms with Gasteiger partial charge in [-0.1, -0.05) is 0 Å². The summed E-state index contributed by atoms with van der Waals surface area (Å²) in [5, 5.41) is 0. The molecule has 0 spiro atoms. The number of ether oxygens (including phenoxy) is 7. The Labute approximate surface area is 213 Å². The molecule has 3 rings (SSSR count). The van der Waals surface area contributed by atoms with Gasteiger partial charge in [0.2, 0.25) is 11.5 Å². The van der Waals surface area contributed by atoms with Crippen LogP contribution < -0.4 is 0 Å². The van der Waals surface area contributed by atoms with E-state index in [4.69, 9.17) is 42.0 Å². The van der Waals surface area contributed by atoms with Crippen molar-refractivity contribution in [3.05, 3.63) is 47.3 Å². The lowest BCUT2D eigenvalue weighted by Crippen LogP contribution is -2.15. The van der Waals surface area contributed by atoms with Gasteiger partial charge in [-0.25, -0.2) is 9.59 Å². The van der Waals surface area contributed by atoms with Crippen LogP contribution in [0.5, 0.6) is 0 Å². The predicted octanol–water partition coefficient (Wildman–Crippen LogP) is 2.72. The van der Waals surface area contributed by atoms with E-state index in [9.17, 15) is 9.59 Å². The first-order chi connectivity index (χ1) is 17.7. The van der Waals surface area contributed by atoms with Gasteiger partial charge in [0.25, 0.3) is 0 Å². The second kappa shape index (κ2) is 17.2. The zero-order chi connectivity index (χ0) is 25.3. The Kier molecular flexibility index (Phi) is 13.5. The van der Waals surface area contributed by atoms with E-state index >= 15 is 0 Å². The average molecular weight is 529 g/mol. The Balaban J connectivity index is 1.42. The molecule has 3 heterocycles. The zero-order valence-corrected chi connectivity index (χ0v) is 20.9. The first-order valence-electron chi connectivity index (χ1n) is 11.7. The second-order valence-corrected chi connectivity index (χ2v) is 8.34. The van der Waals surface area contributed by atoms with E-state index in [1.165, 1.54) is 11.8 Å². The van der Waals surface area contributed by atoms with Crippen LogP contribution >= 0.6 is 11.8 Å². The second-order valence-electron chi connectivity index (χ2n) is 7.36. The first-order valence-corrected chi connectivity index (χ1v) is 12.9. The monoisotopic (exact) mass is 528 g/mol. The van der Waals surface area contributed by atoms with E-state index in [2.05, 4.69) is 0 Å². The van der Waals surface area contributed by atoms with Gasteiger partial charge >= 0.3 is 11.9 Å². The molecule has 0 unspecified atom stereocenters. The molecule has 36 heavy (non-hydrogen) atoms. The molecule has 200 valence electrons. The molecule has 0 aliphatic carbocycles. The molecule has 4 bridgehead atoms. The third kappa shape index (κ3) is 11.1. The Morgan fingerprint density at radius 3 is 1.17 bits per heavy atom. The minimum absolute atomic E-state index is 0.112. The van der Waals surface area contributed by atoms with Gasteiger partial charge in [-0.2, -0.15) is 0 Å². The number of fused-ring (bicyclic) bond motifs is 4. The number of furan rings is 2. The Bertz CT molecular complexity index is 824. The van der Waals surface area contributed by atoms with E-state index in [0.717, 1.165) is 0 Å². The zero-order valence-electron chi connectivity index (χ0n) is 20.1. The van der Waals surface area contributed by atoms with Crippen molar-refractivity contribution in [3.63, 3.8) is 0 Å². The molecule has 2 aromatic heterocycles. The van der Waals surface area contributed by atoms with E-state index in [-0.39, 0.29) is 37.9 Å². The standard InChI is InChI=1S/C24H32O11S/c25-23-21-3-1-19(34-21)17-36-18-20-2-4-22(35-20)24(26)33-16-14-31-12-10-29-8-6-27-5-7-28-9-11-30-13-15-32-23/h1-4H,5-18H2. The smallest absolute Gasteiger partial charge is 0.374 e. The van der Waals surface area contributed by atoms with Crippen molar-refractivity contribution in [3.8, 4) is 0 Å². The minimum Gasteiger partial charge on any atom is -0.457 e. The van der Waals surface area contributed by atoms with Crippen LogP contribution in [0.4, 0.5) is 0 Å². The molecule has 0 saturated heterocycles. The van der Waals surface area contributed by atoms with Crippen molar-refractivity contribution < 1.29 is 51.6 Å². The van der Waals surface area contributed by atoms with Crippen LogP contribution in [-0.4, -0.2) is 91.2 Å². The number of thioether (sulfide) groups is 1. The summed E-state index contributed by atoms with van der Waals surface area (Å²) in [6.45, 7) is 4.13. The molecular formula is C24H32O11S. The van der Waals surface area contributed by atoms with Gasteiger partial charge in [-0.3, -0.25) is 0 Å². The summed E-state index contributed by atoms with van der Waals surface area (Å²) in [6, 6.07) is 6.60. The van der Waals surface area contributed by atoms with Gasteiger partial charge in [-0.15, -0.1) is 11.8 Å². The summed E-state index contributed by atoms with van der Waals surface area (Å²) in [5.41, 5.74) is 0. The molecular weight excluding hydrogens is 496 g/mol. The molecule has 1 aliphatic rings. The highest BCUT2D eigenvalue weighted by Crippen LogP contribution is 2.21. The van der Waals surface area contributed by atoms with Crippen molar-refractivity contribution in [1.29, 1.82) is 0 Å². The highest BCUT2D eigenvalue weighted by Gasteiger charge is 2.15. The topological polar surface area (TPSA) is 125 Å². The fourth-order valence-corrected chi connectivity index (χ4v) is 3.71. The van der Waals surface area contributed by atoms with Crippen LogP contribution in [0.1, 0.15) is 32.6 Å². The largest absolute Gasteiger partial charge is 0.457 e. The number of esters is 2. The maximum Gasteiger partial charge on any atom is 0.374 e. The molecule has 0 saturated carbocycles. The van der Waals surface area contributed by atoms with Crippen molar-refractivity contribution in [2.24, 2.45) is 0 Å². The quantitative estimate of drug-likeness (QED) is 0.467. The first kappa shape index (κ1) is 28.2. The van der Waals surface area contributed by atoms with Crippen molar-refractivity contribution >= 4 is 23.7 Å². The lowest BCUT2D eigenvalue weighted by Gasteiger charge is -2.08. The summed E-state index contributed by atoms with van der Waals surface area (Å²) in [5.74, 6) is 1.45. The van der Waals surface area contributed by atoms with Gasteiger partial charge < -0.3 is 42.0 Å². The summed E-state index contributed by atoms with van der Waals surface area (Å²) in [7, 11) is 0. The Morgan fingerprint density at radius 1 is 0.472 bits per heavy atom. The highest BCUT2D eigenvalue weighted by atomic mass is 32.2. The molecule has 0 aromatic carbocycles. The highest BCUT2D eigenvalue weighted by molar-refractivity contribution is 7.97. The molecule has 11 nitrogen and oxygen atoms in total. The van der Waals surface area contributed by atoms with Crippen molar-refractivity contribution in [2.75, 3.05) is 79.3 Å². The molecule has 0 radical (unpaired) electrons. The third-order valence-electron chi connectivity index (χ3n) is 4.62. The number of rotatable bonds is 0. The van der Waals surface area contributed by atoms with E-state index in [1.54, 1.807) is 24.3 Å². The molecule has 0 amide bonds. The SMILES string of the molecule is O=C1OCCOCCOCCOCCOCCOCCOC(=O)c2ccc(o2)CSCc2ccc1o2. The fourth-order valence-electron chi connectivity index (χ4n) is 2.89. The summed E-state index contributed by atoms with van der Waals surface area (Å²) in [4.78, 5) is 24.2. The summed E-state index contributed by atoms with van der Waals surface area (Å²) >= 11 is 1.51. The van der Waals surface area contributed by atoms with Gasteiger partial charge in [-0.05, 0) is 24.3 Å². The van der Waals surface area contributed by atoms with Crippen LogP contribution in [0.2, 0.25) is 0 Å². The van der Waals surface area contributed by atoms with Crippen LogP contribution in [-0.2, 0) is 44.7 Å². The van der Waals surface area contributed by atoms with Crippen LogP contribution in [0.3, 0.4) is 0 Å². The van der Waals surface area contributed by atoms with Crippen molar-refractivity contribution in [1.82, 2.24) is 0 Å². The van der Waals surface area contributed by atoms with Gasteiger partial charge in [0, 0.05) is 0 Å². The van der Waals surface area contributed by atoms with Crippen LogP contribution in [0.15, 0.2) is 33.1 Å². The van der Waals surface area contributed by atoms with Crippen LogP contribution in [0.25, 0.3) is 0 Å². The molecule has 0 fully saturated rings. The number of carbonyl (C=O) groups excluding carboxylic acids is 2. The number of carbonyl (C=O) groups is 2.